The molecule has 0 N–H and O–H groups in total. The first kappa shape index (κ1) is 28.7. The van der Waals surface area contributed by atoms with E-state index in [1.807, 2.05) is 0 Å². The van der Waals surface area contributed by atoms with Crippen molar-refractivity contribution in [3.8, 4) is 44.5 Å². The number of hydrogen-bond acceptors (Lipinski definition) is 0. The molecule has 6 aliphatic rings. The normalized spacial score (nSPS) is 25.7. The molecule has 0 unspecified atom stereocenters. The summed E-state index contributed by atoms with van der Waals surface area (Å²) in [5.74, 6) is 3.41. The second kappa shape index (κ2) is 9.89. The van der Waals surface area contributed by atoms with Crippen molar-refractivity contribution in [2.75, 3.05) is 0 Å². The minimum atomic E-state index is -0.0383. The highest BCUT2D eigenvalue weighted by molar-refractivity contribution is 6.21. The van der Waals surface area contributed by atoms with Crippen LogP contribution in [0.2, 0.25) is 0 Å². The standard InChI is InChI=1S/C51H42/c1-50(2)44-17-9-7-11-36(44)38-21-19-32(28-46(38)50)48-40-13-3-5-15-42(40)49(43-16-6-4-14-41(43)48)33-20-22-39-37-12-8-10-18-45(37)51(47(39)29-33)34-24-30-23-31(26-34)27-35(51)25-30/h3-22,28-31,34-35H,23-27H2,1-2H3. The summed E-state index contributed by atoms with van der Waals surface area (Å²) in [5, 5.41) is 5.38. The van der Waals surface area contributed by atoms with Crippen molar-refractivity contribution in [2.24, 2.45) is 23.7 Å². The van der Waals surface area contributed by atoms with E-state index in [1.54, 1.807) is 11.1 Å². The van der Waals surface area contributed by atoms with E-state index in [-0.39, 0.29) is 10.8 Å². The second-order valence-electron chi connectivity index (χ2n) is 17.3. The van der Waals surface area contributed by atoms with Crippen molar-refractivity contribution in [3.05, 3.63) is 156 Å². The minimum Gasteiger partial charge on any atom is -0.0619 e. The van der Waals surface area contributed by atoms with Gasteiger partial charge in [-0.3, -0.25) is 0 Å². The van der Waals surface area contributed by atoms with Crippen molar-refractivity contribution in [3.63, 3.8) is 0 Å². The van der Waals surface area contributed by atoms with Crippen LogP contribution in [0.3, 0.4) is 0 Å². The van der Waals surface area contributed by atoms with Gasteiger partial charge >= 0.3 is 0 Å². The summed E-state index contributed by atoms with van der Waals surface area (Å²) in [4.78, 5) is 0. The minimum absolute atomic E-state index is 0.0383. The third-order valence-corrected chi connectivity index (χ3v) is 14.6. The third kappa shape index (κ3) is 3.57. The van der Waals surface area contributed by atoms with Crippen LogP contribution in [0.15, 0.2) is 133 Å². The Morgan fingerprint density at radius 3 is 1.35 bits per heavy atom. The van der Waals surface area contributed by atoms with Crippen LogP contribution < -0.4 is 0 Å². The van der Waals surface area contributed by atoms with Gasteiger partial charge in [-0.1, -0.05) is 135 Å². The maximum absolute atomic E-state index is 2.68. The predicted molar refractivity (Wildman–Crippen MR) is 213 cm³/mol. The summed E-state index contributed by atoms with van der Waals surface area (Å²) < 4.78 is 0. The maximum Gasteiger partial charge on any atom is 0.0272 e. The van der Waals surface area contributed by atoms with E-state index in [1.165, 1.54) is 109 Å². The Morgan fingerprint density at radius 2 is 0.804 bits per heavy atom. The van der Waals surface area contributed by atoms with Crippen LogP contribution in [0, 0.1) is 23.7 Å². The number of hydrogen-bond donors (Lipinski definition) is 0. The van der Waals surface area contributed by atoms with E-state index >= 15 is 0 Å². The molecule has 0 aromatic heterocycles. The zero-order valence-electron chi connectivity index (χ0n) is 29.5. The Kier molecular flexibility index (Phi) is 5.57. The molecule has 0 heteroatoms. The van der Waals surface area contributed by atoms with E-state index in [4.69, 9.17) is 0 Å². The molecule has 7 aromatic carbocycles. The molecule has 0 nitrogen and oxygen atoms in total. The molecule has 13 rings (SSSR count). The summed E-state index contributed by atoms with van der Waals surface area (Å²) in [6.07, 6.45) is 7.13. The van der Waals surface area contributed by atoms with Crippen molar-refractivity contribution in [2.45, 2.75) is 56.8 Å². The van der Waals surface area contributed by atoms with Crippen molar-refractivity contribution >= 4 is 21.5 Å². The molecule has 0 aliphatic heterocycles. The lowest BCUT2D eigenvalue weighted by Crippen LogP contribution is -2.55. The lowest BCUT2D eigenvalue weighted by atomic mass is 9.43. The molecule has 7 aromatic rings. The van der Waals surface area contributed by atoms with E-state index < -0.39 is 0 Å². The van der Waals surface area contributed by atoms with Gasteiger partial charge in [0.05, 0.1) is 0 Å². The third-order valence-electron chi connectivity index (χ3n) is 14.6. The van der Waals surface area contributed by atoms with E-state index in [9.17, 15) is 0 Å². The molecule has 0 heterocycles. The first-order valence-corrected chi connectivity index (χ1v) is 19.4. The molecule has 246 valence electrons. The molecule has 51 heavy (non-hydrogen) atoms. The van der Waals surface area contributed by atoms with Gasteiger partial charge in [-0.2, -0.15) is 0 Å². The van der Waals surface area contributed by atoms with Crippen molar-refractivity contribution < 1.29 is 0 Å². The highest BCUT2D eigenvalue weighted by Gasteiger charge is 2.61. The fraction of sp³-hybridized carbons (Fsp3) is 0.255. The van der Waals surface area contributed by atoms with Gasteiger partial charge in [0.15, 0.2) is 0 Å². The molecule has 4 fully saturated rings. The summed E-state index contributed by atoms with van der Waals surface area (Å²) >= 11 is 0. The molecule has 0 radical (unpaired) electrons. The average Bonchev–Trinajstić information content (AvgIpc) is 3.57. The molecule has 0 atom stereocenters. The van der Waals surface area contributed by atoms with Gasteiger partial charge < -0.3 is 0 Å². The van der Waals surface area contributed by atoms with Gasteiger partial charge in [0, 0.05) is 10.8 Å². The van der Waals surface area contributed by atoms with E-state index in [0.29, 0.717) is 0 Å². The van der Waals surface area contributed by atoms with Gasteiger partial charge in [-0.05, 0) is 156 Å². The average molecular weight is 655 g/mol. The Labute approximate surface area is 301 Å². The Balaban J connectivity index is 1.10. The Morgan fingerprint density at radius 1 is 0.392 bits per heavy atom. The number of benzene rings is 7. The zero-order valence-corrected chi connectivity index (χ0v) is 29.5. The van der Waals surface area contributed by atoms with Gasteiger partial charge in [-0.25, -0.2) is 0 Å². The fourth-order valence-corrected chi connectivity index (χ4v) is 12.9. The largest absolute Gasteiger partial charge is 0.0619 e. The molecular weight excluding hydrogens is 613 g/mol. The van der Waals surface area contributed by atoms with Gasteiger partial charge in [-0.15, -0.1) is 0 Å². The first-order valence-electron chi connectivity index (χ1n) is 19.4. The summed E-state index contributed by atoms with van der Waals surface area (Å²) in [6.45, 7) is 4.78. The maximum atomic E-state index is 2.68. The highest BCUT2D eigenvalue weighted by Crippen LogP contribution is 2.69. The van der Waals surface area contributed by atoms with Crippen LogP contribution in [0.1, 0.15) is 68.2 Å². The van der Waals surface area contributed by atoms with Crippen LogP contribution in [-0.2, 0) is 10.8 Å². The quantitative estimate of drug-likeness (QED) is 0.163. The summed E-state index contributed by atoms with van der Waals surface area (Å²) in [5.41, 5.74) is 17.4. The first-order chi connectivity index (χ1) is 25.0. The molecule has 1 spiro atoms. The van der Waals surface area contributed by atoms with E-state index in [0.717, 1.165) is 23.7 Å². The second-order valence-corrected chi connectivity index (χ2v) is 17.3. The smallest absolute Gasteiger partial charge is 0.0272 e. The Hall–Kier alpha value is -4.94. The molecule has 0 saturated heterocycles. The van der Waals surface area contributed by atoms with Gasteiger partial charge in [0.1, 0.15) is 0 Å². The molecule has 4 bridgehead atoms. The highest BCUT2D eigenvalue weighted by atomic mass is 14.6. The van der Waals surface area contributed by atoms with Gasteiger partial charge in [0.2, 0.25) is 0 Å². The van der Waals surface area contributed by atoms with Crippen molar-refractivity contribution in [1.82, 2.24) is 0 Å². The van der Waals surface area contributed by atoms with Crippen LogP contribution in [0.4, 0.5) is 0 Å². The number of fused-ring (bicyclic) bond motifs is 8. The lowest BCUT2D eigenvalue weighted by molar-refractivity contribution is -0.0399. The monoisotopic (exact) mass is 654 g/mol. The van der Waals surface area contributed by atoms with Crippen LogP contribution in [0.5, 0.6) is 0 Å². The number of rotatable bonds is 2. The lowest BCUT2D eigenvalue weighted by Gasteiger charge is -2.61. The zero-order chi connectivity index (χ0) is 33.6. The molecule has 0 amide bonds. The molecule has 4 saturated carbocycles. The Bertz CT molecular complexity index is 2550. The predicted octanol–water partition coefficient (Wildman–Crippen LogP) is 13.4. The SMILES string of the molecule is CC1(C)c2ccccc2-c2ccc(-c3c4ccccc4c(-c4ccc5c(c4)C4(c6ccccc6-5)C5CC6CC(C5)CC4C6)c4ccccc34)cc21. The topological polar surface area (TPSA) is 0 Å². The summed E-state index contributed by atoms with van der Waals surface area (Å²) in [6, 6.07) is 51.9. The summed E-state index contributed by atoms with van der Waals surface area (Å²) in [7, 11) is 0. The molecule has 6 aliphatic carbocycles. The molecular formula is C51H42. The van der Waals surface area contributed by atoms with Crippen LogP contribution in [0.25, 0.3) is 66.1 Å². The van der Waals surface area contributed by atoms with E-state index in [2.05, 4.69) is 147 Å². The van der Waals surface area contributed by atoms with Crippen LogP contribution >= 0.6 is 0 Å². The van der Waals surface area contributed by atoms with Gasteiger partial charge in [0.25, 0.3) is 0 Å². The van der Waals surface area contributed by atoms with Crippen molar-refractivity contribution in [1.29, 1.82) is 0 Å². The fourth-order valence-electron chi connectivity index (χ4n) is 12.9. The van der Waals surface area contributed by atoms with Crippen LogP contribution in [-0.4, -0.2) is 0 Å².